The number of benzene rings is 1. The minimum Gasteiger partial charge on any atom is -0.487 e. The van der Waals surface area contributed by atoms with Crippen LogP contribution in [-0.4, -0.2) is 20.9 Å². The Morgan fingerprint density at radius 1 is 1.00 bits per heavy atom. The maximum Gasteiger partial charge on any atom is 0.137 e. The molecule has 0 atom stereocenters. The zero-order valence-electron chi connectivity index (χ0n) is 15.8. The summed E-state index contributed by atoms with van der Waals surface area (Å²) in [5, 5.41) is 0. The molecule has 146 valence electrons. The number of thioether (sulfide) groups is 2. The highest BCUT2D eigenvalue weighted by molar-refractivity contribution is 8.16. The van der Waals surface area contributed by atoms with E-state index >= 15 is 0 Å². The SMILES string of the molecule is CCCSC(SCCC)c1ccccc1OCc1cn2ccccc2n1.Cl. The fraction of sp³-hybridized carbons (Fsp3) is 0.381. The van der Waals surface area contributed by atoms with E-state index in [0.29, 0.717) is 11.2 Å². The molecule has 0 aliphatic rings. The predicted octanol–water partition coefficient (Wildman–Crippen LogP) is 6.62. The lowest BCUT2D eigenvalue weighted by Gasteiger charge is -2.19. The van der Waals surface area contributed by atoms with Crippen LogP contribution >= 0.6 is 35.9 Å². The molecule has 0 unspecified atom stereocenters. The van der Waals surface area contributed by atoms with Gasteiger partial charge in [-0.1, -0.05) is 38.1 Å². The van der Waals surface area contributed by atoms with Crippen molar-refractivity contribution in [2.75, 3.05) is 11.5 Å². The molecule has 3 aromatic rings. The van der Waals surface area contributed by atoms with Gasteiger partial charge >= 0.3 is 0 Å². The Labute approximate surface area is 176 Å². The van der Waals surface area contributed by atoms with Crippen LogP contribution < -0.4 is 4.74 Å². The third-order valence-corrected chi connectivity index (χ3v) is 7.13. The number of rotatable bonds is 10. The molecule has 0 radical (unpaired) electrons. The van der Waals surface area contributed by atoms with Crippen molar-refractivity contribution in [1.29, 1.82) is 0 Å². The molecular formula is C21H27ClN2OS2. The molecule has 27 heavy (non-hydrogen) atoms. The van der Waals surface area contributed by atoms with Crippen LogP contribution in [0.5, 0.6) is 5.75 Å². The topological polar surface area (TPSA) is 26.5 Å². The van der Waals surface area contributed by atoms with E-state index in [1.54, 1.807) is 0 Å². The van der Waals surface area contributed by atoms with Crippen molar-refractivity contribution in [3.8, 4) is 5.75 Å². The van der Waals surface area contributed by atoms with Gasteiger partial charge in [0.2, 0.25) is 0 Å². The van der Waals surface area contributed by atoms with Gasteiger partial charge in [0.15, 0.2) is 0 Å². The number of aromatic nitrogens is 2. The van der Waals surface area contributed by atoms with Gasteiger partial charge in [0.1, 0.15) is 18.0 Å². The average molecular weight is 423 g/mol. The first-order chi connectivity index (χ1) is 12.8. The molecule has 0 bridgehead atoms. The number of nitrogens with zero attached hydrogens (tertiary/aromatic N) is 2. The molecule has 3 nitrogen and oxygen atoms in total. The quantitative estimate of drug-likeness (QED) is 0.343. The van der Waals surface area contributed by atoms with E-state index in [4.69, 9.17) is 4.74 Å². The molecule has 2 heterocycles. The summed E-state index contributed by atoms with van der Waals surface area (Å²) in [6, 6.07) is 14.5. The Balaban J connectivity index is 0.00000261. The molecule has 0 amide bonds. The van der Waals surface area contributed by atoms with Crippen LogP contribution in [0.2, 0.25) is 0 Å². The van der Waals surface area contributed by atoms with E-state index in [1.165, 1.54) is 29.9 Å². The fourth-order valence-electron chi connectivity index (χ4n) is 2.69. The first kappa shape index (κ1) is 22.0. The standard InChI is InChI=1S/C21H26N2OS2.ClH/c1-3-13-25-21(26-14-4-2)18-9-5-6-10-19(18)24-16-17-15-23-12-8-7-11-20(23)22-17;/h5-12,15,21H,3-4,13-14,16H2,1-2H3;1H. The van der Waals surface area contributed by atoms with Gasteiger partial charge < -0.3 is 9.14 Å². The molecule has 0 N–H and O–H groups in total. The lowest BCUT2D eigenvalue weighted by Crippen LogP contribution is -2.01. The van der Waals surface area contributed by atoms with Crippen LogP contribution in [0, 0.1) is 0 Å². The van der Waals surface area contributed by atoms with Gasteiger partial charge in [0.25, 0.3) is 0 Å². The van der Waals surface area contributed by atoms with E-state index in [0.717, 1.165) is 17.1 Å². The first-order valence-electron chi connectivity index (χ1n) is 9.19. The molecular weight excluding hydrogens is 396 g/mol. The average Bonchev–Trinajstić information content (AvgIpc) is 3.10. The first-order valence-corrected chi connectivity index (χ1v) is 11.3. The summed E-state index contributed by atoms with van der Waals surface area (Å²) >= 11 is 4.03. The maximum absolute atomic E-state index is 6.19. The smallest absolute Gasteiger partial charge is 0.137 e. The Morgan fingerprint density at radius 2 is 1.70 bits per heavy atom. The highest BCUT2D eigenvalue weighted by Crippen LogP contribution is 2.43. The summed E-state index contributed by atoms with van der Waals surface area (Å²) in [4.78, 5) is 4.63. The third kappa shape index (κ3) is 6.09. The van der Waals surface area contributed by atoms with E-state index in [9.17, 15) is 0 Å². The molecule has 0 aliphatic heterocycles. The summed E-state index contributed by atoms with van der Waals surface area (Å²) in [5.41, 5.74) is 3.19. The molecule has 0 aliphatic carbocycles. The van der Waals surface area contributed by atoms with Gasteiger partial charge in [0.05, 0.1) is 10.3 Å². The normalized spacial score (nSPS) is 10.9. The Kier molecular flexibility index (Phi) is 9.39. The zero-order chi connectivity index (χ0) is 18.2. The van der Waals surface area contributed by atoms with Crippen molar-refractivity contribution in [3.63, 3.8) is 0 Å². The third-order valence-electron chi connectivity index (χ3n) is 3.91. The summed E-state index contributed by atoms with van der Waals surface area (Å²) in [6.07, 6.45) is 6.43. The molecule has 1 aromatic carbocycles. The van der Waals surface area contributed by atoms with E-state index in [-0.39, 0.29) is 12.4 Å². The van der Waals surface area contributed by atoms with Crippen LogP contribution in [0.3, 0.4) is 0 Å². The predicted molar refractivity (Wildman–Crippen MR) is 121 cm³/mol. The Bertz CT molecular complexity index is 784. The van der Waals surface area contributed by atoms with Gasteiger partial charge in [-0.25, -0.2) is 4.98 Å². The molecule has 6 heteroatoms. The van der Waals surface area contributed by atoms with Gasteiger partial charge in [-0.3, -0.25) is 0 Å². The molecule has 3 rings (SSSR count). The van der Waals surface area contributed by atoms with Crippen LogP contribution in [-0.2, 0) is 6.61 Å². The van der Waals surface area contributed by atoms with E-state index in [2.05, 4.69) is 43.1 Å². The Hall–Kier alpha value is -1.30. The highest BCUT2D eigenvalue weighted by atomic mass is 35.5. The number of hydrogen-bond acceptors (Lipinski definition) is 4. The molecule has 0 fully saturated rings. The second kappa shape index (κ2) is 11.5. The van der Waals surface area contributed by atoms with Crippen molar-refractivity contribution >= 4 is 41.6 Å². The van der Waals surface area contributed by atoms with Crippen molar-refractivity contribution in [2.45, 2.75) is 37.9 Å². The van der Waals surface area contributed by atoms with E-state index < -0.39 is 0 Å². The minimum absolute atomic E-state index is 0. The fourth-order valence-corrected chi connectivity index (χ4v) is 5.30. The van der Waals surface area contributed by atoms with Gasteiger partial charge in [0, 0.05) is 18.0 Å². The number of pyridine rings is 1. The van der Waals surface area contributed by atoms with Crippen LogP contribution in [0.25, 0.3) is 5.65 Å². The van der Waals surface area contributed by atoms with Crippen LogP contribution in [0.1, 0.15) is 42.5 Å². The van der Waals surface area contributed by atoms with Crippen molar-refractivity contribution in [1.82, 2.24) is 9.38 Å². The second-order valence-electron chi connectivity index (χ2n) is 6.10. The van der Waals surface area contributed by atoms with Crippen LogP contribution in [0.4, 0.5) is 0 Å². The summed E-state index contributed by atoms with van der Waals surface area (Å²) in [7, 11) is 0. The number of fused-ring (bicyclic) bond motifs is 1. The lowest BCUT2D eigenvalue weighted by atomic mass is 10.2. The molecule has 0 saturated carbocycles. The van der Waals surface area contributed by atoms with Crippen LogP contribution in [0.15, 0.2) is 54.9 Å². The summed E-state index contributed by atoms with van der Waals surface area (Å²) in [5.74, 6) is 3.31. The summed E-state index contributed by atoms with van der Waals surface area (Å²) in [6.45, 7) is 4.96. The highest BCUT2D eigenvalue weighted by Gasteiger charge is 2.17. The maximum atomic E-state index is 6.19. The number of imidazole rings is 1. The monoisotopic (exact) mass is 422 g/mol. The number of hydrogen-bond donors (Lipinski definition) is 0. The van der Waals surface area contributed by atoms with Crippen molar-refractivity contribution in [2.24, 2.45) is 0 Å². The largest absolute Gasteiger partial charge is 0.487 e. The van der Waals surface area contributed by atoms with Crippen molar-refractivity contribution < 1.29 is 4.74 Å². The van der Waals surface area contributed by atoms with Gasteiger partial charge in [-0.15, -0.1) is 35.9 Å². The Morgan fingerprint density at radius 3 is 2.41 bits per heavy atom. The molecule has 2 aromatic heterocycles. The minimum atomic E-state index is 0. The zero-order valence-corrected chi connectivity index (χ0v) is 18.3. The van der Waals surface area contributed by atoms with E-state index in [1.807, 2.05) is 58.5 Å². The number of halogens is 1. The second-order valence-corrected chi connectivity index (χ2v) is 8.82. The molecule has 0 spiro atoms. The van der Waals surface area contributed by atoms with Gasteiger partial charge in [-0.05, 0) is 42.5 Å². The lowest BCUT2D eigenvalue weighted by molar-refractivity contribution is 0.299. The number of ether oxygens (including phenoxy) is 1. The van der Waals surface area contributed by atoms with Crippen molar-refractivity contribution in [3.05, 3.63) is 66.1 Å². The number of para-hydroxylation sites is 1. The van der Waals surface area contributed by atoms with Gasteiger partial charge in [-0.2, -0.15) is 0 Å². The molecule has 0 saturated heterocycles. The summed E-state index contributed by atoms with van der Waals surface area (Å²) < 4.78 is 8.64.